The highest BCUT2D eigenvalue weighted by molar-refractivity contribution is 6.22. The van der Waals surface area contributed by atoms with Crippen molar-refractivity contribution in [2.75, 3.05) is 40.4 Å². The Labute approximate surface area is 156 Å². The number of rotatable bonds is 5. The van der Waals surface area contributed by atoms with Crippen LogP contribution in [-0.4, -0.2) is 71.4 Å². The maximum atomic E-state index is 10.4. The summed E-state index contributed by atoms with van der Waals surface area (Å²) >= 11 is 0. The highest BCUT2D eigenvalue weighted by Crippen LogP contribution is 2.33. The normalized spacial score (nSPS) is 18.0. The smallest absolute Gasteiger partial charge is 0.260 e. The van der Waals surface area contributed by atoms with Crippen LogP contribution in [0.15, 0.2) is 58.1 Å². The molecule has 4 rings (SSSR count). The monoisotopic (exact) mass is 367 g/mol. The molecule has 0 radical (unpaired) electrons. The molecule has 2 aliphatic rings. The number of aromatic nitrogens is 2. The van der Waals surface area contributed by atoms with Crippen LogP contribution < -0.4 is 4.74 Å². The van der Waals surface area contributed by atoms with E-state index in [9.17, 15) is 5.11 Å². The van der Waals surface area contributed by atoms with Gasteiger partial charge in [-0.15, -0.1) is 5.10 Å². The molecule has 0 unspecified atom stereocenters. The predicted molar refractivity (Wildman–Crippen MR) is 103 cm³/mol. The first-order valence-corrected chi connectivity index (χ1v) is 8.76. The third kappa shape index (κ3) is 3.56. The Morgan fingerprint density at radius 3 is 3.07 bits per heavy atom. The Hall–Kier alpha value is -3.13. The Bertz CT molecular complexity index is 984. The van der Waals surface area contributed by atoms with E-state index in [-0.39, 0.29) is 5.76 Å². The minimum atomic E-state index is 0.0394. The third-order valence-corrected chi connectivity index (χ3v) is 4.18. The summed E-state index contributed by atoms with van der Waals surface area (Å²) in [5.41, 5.74) is 2.39. The second kappa shape index (κ2) is 7.24. The number of pyridine rings is 1. The maximum Gasteiger partial charge on any atom is 0.260 e. The molecule has 1 N–H and O–H groups in total. The summed E-state index contributed by atoms with van der Waals surface area (Å²) in [6.07, 6.45) is 5.11. The fourth-order valence-electron chi connectivity index (χ4n) is 2.81. The van der Waals surface area contributed by atoms with E-state index in [1.165, 1.54) is 0 Å². The lowest BCUT2D eigenvalue weighted by Crippen LogP contribution is -2.21. The molecule has 0 amide bonds. The molecule has 0 bridgehead atoms. The van der Waals surface area contributed by atoms with E-state index in [2.05, 4.69) is 15.1 Å². The minimum absolute atomic E-state index is 0.0394. The van der Waals surface area contributed by atoms with Gasteiger partial charge in [-0.25, -0.2) is 9.51 Å². The van der Waals surface area contributed by atoms with E-state index < -0.39 is 0 Å². The van der Waals surface area contributed by atoms with Gasteiger partial charge in [0.05, 0.1) is 12.1 Å². The molecular weight excluding hydrogens is 346 g/mol. The van der Waals surface area contributed by atoms with E-state index >= 15 is 0 Å². The molecule has 2 aromatic rings. The number of hydrogen-bond donors (Lipinski definition) is 1. The van der Waals surface area contributed by atoms with Crippen LogP contribution in [0.4, 0.5) is 5.69 Å². The summed E-state index contributed by atoms with van der Waals surface area (Å²) < 4.78 is 13.2. The molecule has 0 aromatic carbocycles. The van der Waals surface area contributed by atoms with Gasteiger partial charge in [-0.3, -0.25) is 4.99 Å². The molecule has 3 heterocycles. The molecule has 0 saturated heterocycles. The van der Waals surface area contributed by atoms with Crippen LogP contribution in [0.1, 0.15) is 0 Å². The number of hydrogen-bond acceptors (Lipinski definition) is 7. The molecule has 0 spiro atoms. The molecule has 0 fully saturated rings. The van der Waals surface area contributed by atoms with Crippen LogP contribution in [0.3, 0.4) is 0 Å². The first kappa shape index (κ1) is 17.3. The van der Waals surface area contributed by atoms with Crippen LogP contribution in [0.5, 0.6) is 5.88 Å². The van der Waals surface area contributed by atoms with Crippen molar-refractivity contribution in [1.29, 1.82) is 0 Å². The molecule has 0 saturated carbocycles. The molecule has 27 heavy (non-hydrogen) atoms. The van der Waals surface area contributed by atoms with E-state index in [4.69, 9.17) is 9.47 Å². The quantitative estimate of drug-likeness (QED) is 0.819. The van der Waals surface area contributed by atoms with Gasteiger partial charge in [0.15, 0.2) is 5.69 Å². The van der Waals surface area contributed by atoms with Crippen LogP contribution in [0.2, 0.25) is 0 Å². The average Bonchev–Trinajstić information content (AvgIpc) is 2.99. The number of aliphatic hydroxyl groups excluding tert-OH is 1. The molecule has 140 valence electrons. The van der Waals surface area contributed by atoms with Crippen molar-refractivity contribution in [3.8, 4) is 5.88 Å². The topological polar surface area (TPSA) is 84.0 Å². The SMILES string of the molecule is CN(C)CCOc1nn2ccccc2c1/N=C1\C=C2OCCN=C2C=C1O. The van der Waals surface area contributed by atoms with Crippen molar-refractivity contribution >= 4 is 22.6 Å². The van der Waals surface area contributed by atoms with Gasteiger partial charge >= 0.3 is 0 Å². The summed E-state index contributed by atoms with van der Waals surface area (Å²) in [6, 6.07) is 5.71. The zero-order valence-electron chi connectivity index (χ0n) is 15.3. The third-order valence-electron chi connectivity index (χ3n) is 4.18. The fourth-order valence-corrected chi connectivity index (χ4v) is 2.81. The van der Waals surface area contributed by atoms with Gasteiger partial charge in [0.2, 0.25) is 0 Å². The van der Waals surface area contributed by atoms with Crippen LogP contribution in [-0.2, 0) is 4.74 Å². The number of fused-ring (bicyclic) bond motifs is 2. The average molecular weight is 367 g/mol. The summed E-state index contributed by atoms with van der Waals surface area (Å²) in [5.74, 6) is 1.08. The molecule has 8 heteroatoms. The van der Waals surface area contributed by atoms with Crippen molar-refractivity contribution < 1.29 is 14.6 Å². The summed E-state index contributed by atoms with van der Waals surface area (Å²) in [6.45, 7) is 2.35. The maximum absolute atomic E-state index is 10.4. The highest BCUT2D eigenvalue weighted by Gasteiger charge is 2.22. The number of likely N-dealkylation sites (N-methyl/N-ethyl adjacent to an activating group) is 1. The van der Waals surface area contributed by atoms with E-state index in [1.54, 1.807) is 16.7 Å². The van der Waals surface area contributed by atoms with E-state index in [1.807, 2.05) is 43.4 Å². The molecule has 8 nitrogen and oxygen atoms in total. The van der Waals surface area contributed by atoms with Crippen LogP contribution in [0, 0.1) is 0 Å². The van der Waals surface area contributed by atoms with Crippen LogP contribution >= 0.6 is 0 Å². The summed E-state index contributed by atoms with van der Waals surface area (Å²) in [5, 5.41) is 14.9. The molecule has 0 atom stereocenters. The lowest BCUT2D eigenvalue weighted by Gasteiger charge is -2.19. The first-order chi connectivity index (χ1) is 13.1. The van der Waals surface area contributed by atoms with Crippen molar-refractivity contribution in [3.63, 3.8) is 0 Å². The summed E-state index contributed by atoms with van der Waals surface area (Å²) in [4.78, 5) is 11.0. The largest absolute Gasteiger partial charge is 0.506 e. The minimum Gasteiger partial charge on any atom is -0.506 e. The Morgan fingerprint density at radius 2 is 2.22 bits per heavy atom. The van der Waals surface area contributed by atoms with Crippen molar-refractivity contribution in [3.05, 3.63) is 48.1 Å². The van der Waals surface area contributed by atoms with E-state index in [0.717, 1.165) is 12.1 Å². The van der Waals surface area contributed by atoms with Crippen molar-refractivity contribution in [1.82, 2.24) is 14.5 Å². The second-order valence-electron chi connectivity index (χ2n) is 6.49. The molecule has 1 aliphatic carbocycles. The number of nitrogens with zero attached hydrogens (tertiary/aromatic N) is 5. The Balaban J connectivity index is 1.74. The van der Waals surface area contributed by atoms with Crippen molar-refractivity contribution in [2.45, 2.75) is 0 Å². The standard InChI is InChI=1S/C19H21N5O3/c1-23(2)8-10-27-19-18(15-5-3-4-7-24(15)22-19)21-13-12-17-14(11-16(13)25)20-6-9-26-17/h3-5,7,11-12,25H,6,8-10H2,1-2H3/b21-13+. The number of ether oxygens (including phenoxy) is 2. The van der Waals surface area contributed by atoms with Gasteiger partial charge in [-0.1, -0.05) is 6.07 Å². The fraction of sp³-hybridized carbons (Fsp3) is 0.316. The second-order valence-corrected chi connectivity index (χ2v) is 6.49. The van der Waals surface area contributed by atoms with Gasteiger partial charge < -0.3 is 19.5 Å². The number of allylic oxidation sites excluding steroid dienone is 2. The predicted octanol–water partition coefficient (Wildman–Crippen LogP) is 2.16. The lowest BCUT2D eigenvalue weighted by atomic mass is 10.1. The Kier molecular flexibility index (Phi) is 4.64. The van der Waals surface area contributed by atoms with E-state index in [0.29, 0.717) is 48.5 Å². The Morgan fingerprint density at radius 1 is 1.33 bits per heavy atom. The zero-order valence-corrected chi connectivity index (χ0v) is 15.3. The summed E-state index contributed by atoms with van der Waals surface area (Å²) in [7, 11) is 3.96. The molecular formula is C19H21N5O3. The molecule has 2 aromatic heterocycles. The van der Waals surface area contributed by atoms with Gasteiger partial charge in [-0.2, -0.15) is 0 Å². The van der Waals surface area contributed by atoms with Gasteiger partial charge in [0.25, 0.3) is 5.88 Å². The zero-order chi connectivity index (χ0) is 18.8. The lowest BCUT2D eigenvalue weighted by molar-refractivity contribution is 0.232. The highest BCUT2D eigenvalue weighted by atomic mass is 16.5. The first-order valence-electron chi connectivity index (χ1n) is 8.76. The van der Waals surface area contributed by atoms with Crippen molar-refractivity contribution in [2.24, 2.45) is 9.98 Å². The van der Waals surface area contributed by atoms with Gasteiger partial charge in [-0.05, 0) is 26.2 Å². The molecule has 1 aliphatic heterocycles. The van der Waals surface area contributed by atoms with Gasteiger partial charge in [0.1, 0.15) is 36.2 Å². The number of aliphatic imine (C=N–C) groups is 2. The van der Waals surface area contributed by atoms with Crippen LogP contribution in [0.25, 0.3) is 5.52 Å². The number of aliphatic hydroxyl groups is 1. The van der Waals surface area contributed by atoms with Gasteiger partial charge in [0, 0.05) is 24.9 Å².